The Balaban J connectivity index is 2.00. The maximum Gasteiger partial charge on any atom is 0.171 e. The lowest BCUT2D eigenvalue weighted by Gasteiger charge is -2.17. The van der Waals surface area contributed by atoms with Crippen LogP contribution in [0.1, 0.15) is 31.1 Å². The monoisotopic (exact) mass is 318 g/mol. The molecule has 0 amide bonds. The van der Waals surface area contributed by atoms with Crippen molar-refractivity contribution in [2.75, 3.05) is 12.4 Å². The highest BCUT2D eigenvalue weighted by atomic mass is 32.1. The van der Waals surface area contributed by atoms with Gasteiger partial charge in [0.25, 0.3) is 0 Å². The highest BCUT2D eigenvalue weighted by Gasteiger charge is 2.13. The third-order valence-corrected chi connectivity index (χ3v) is 3.67. The number of methoxy groups -OCH3 is 1. The SMILES string of the molecule is CCn1cc(C(C)NC(=S)Nc2cccc(OC)c2)c(C)n1. The standard InChI is InChI=1S/C16H22N4OS/c1-5-20-10-15(12(3)19-20)11(2)17-16(22)18-13-7-6-8-14(9-13)21-4/h6-11H,5H2,1-4H3,(H2,17,18,22). The Kier molecular flexibility index (Phi) is 5.38. The Morgan fingerprint density at radius 1 is 1.45 bits per heavy atom. The molecule has 0 radical (unpaired) electrons. The Labute approximate surface area is 136 Å². The number of nitrogens with one attached hydrogen (secondary N) is 2. The molecule has 0 aliphatic carbocycles. The van der Waals surface area contributed by atoms with Gasteiger partial charge < -0.3 is 15.4 Å². The number of aromatic nitrogens is 2. The second-order valence-corrected chi connectivity index (χ2v) is 5.49. The van der Waals surface area contributed by atoms with E-state index >= 15 is 0 Å². The molecule has 1 aromatic carbocycles. The molecule has 1 aromatic heterocycles. The van der Waals surface area contributed by atoms with E-state index in [0.717, 1.165) is 29.2 Å². The average Bonchev–Trinajstić information content (AvgIpc) is 2.88. The van der Waals surface area contributed by atoms with Crippen LogP contribution in [0.3, 0.4) is 0 Å². The molecule has 0 fully saturated rings. The van der Waals surface area contributed by atoms with Crippen molar-refractivity contribution >= 4 is 23.0 Å². The minimum atomic E-state index is 0.0888. The molecule has 1 atom stereocenters. The first-order chi connectivity index (χ1) is 10.5. The fourth-order valence-electron chi connectivity index (χ4n) is 2.26. The summed E-state index contributed by atoms with van der Waals surface area (Å²) in [6.07, 6.45) is 2.06. The van der Waals surface area contributed by atoms with E-state index in [0.29, 0.717) is 5.11 Å². The van der Waals surface area contributed by atoms with E-state index < -0.39 is 0 Å². The molecular formula is C16H22N4OS. The number of hydrogen-bond donors (Lipinski definition) is 2. The van der Waals surface area contributed by atoms with Gasteiger partial charge >= 0.3 is 0 Å². The molecule has 2 aromatic rings. The van der Waals surface area contributed by atoms with E-state index in [-0.39, 0.29) is 6.04 Å². The van der Waals surface area contributed by atoms with Crippen LogP contribution in [0.25, 0.3) is 0 Å². The number of hydrogen-bond acceptors (Lipinski definition) is 3. The molecule has 2 rings (SSSR count). The first-order valence-corrected chi connectivity index (χ1v) is 7.69. The quantitative estimate of drug-likeness (QED) is 0.829. The Hall–Kier alpha value is -2.08. The second-order valence-electron chi connectivity index (χ2n) is 5.08. The zero-order chi connectivity index (χ0) is 16.1. The lowest BCUT2D eigenvalue weighted by molar-refractivity contribution is 0.415. The fraction of sp³-hybridized carbons (Fsp3) is 0.375. The normalized spacial score (nSPS) is 11.8. The summed E-state index contributed by atoms with van der Waals surface area (Å²) in [6, 6.07) is 7.75. The van der Waals surface area contributed by atoms with Gasteiger partial charge in [-0.1, -0.05) is 6.07 Å². The molecule has 5 nitrogen and oxygen atoms in total. The van der Waals surface area contributed by atoms with E-state index in [9.17, 15) is 0 Å². The van der Waals surface area contributed by atoms with E-state index in [4.69, 9.17) is 17.0 Å². The molecule has 22 heavy (non-hydrogen) atoms. The highest BCUT2D eigenvalue weighted by Crippen LogP contribution is 2.18. The second kappa shape index (κ2) is 7.26. The van der Waals surface area contributed by atoms with E-state index in [1.807, 2.05) is 35.9 Å². The molecule has 0 spiro atoms. The number of anilines is 1. The van der Waals surface area contributed by atoms with Crippen molar-refractivity contribution in [3.05, 3.63) is 41.7 Å². The van der Waals surface area contributed by atoms with Gasteiger partial charge in [0, 0.05) is 30.1 Å². The van der Waals surface area contributed by atoms with Gasteiger partial charge in [0.05, 0.1) is 18.8 Å². The summed E-state index contributed by atoms with van der Waals surface area (Å²) < 4.78 is 7.13. The van der Waals surface area contributed by atoms with Crippen molar-refractivity contribution in [3.8, 4) is 5.75 Å². The fourth-order valence-corrected chi connectivity index (χ4v) is 2.56. The molecule has 6 heteroatoms. The first-order valence-electron chi connectivity index (χ1n) is 7.29. The summed E-state index contributed by atoms with van der Waals surface area (Å²) in [5.41, 5.74) is 3.06. The van der Waals surface area contributed by atoms with Gasteiger partial charge in [0.2, 0.25) is 0 Å². The third kappa shape index (κ3) is 3.98. The van der Waals surface area contributed by atoms with Crippen LogP contribution in [0, 0.1) is 6.92 Å². The summed E-state index contributed by atoms with van der Waals surface area (Å²) in [5, 5.41) is 11.5. The Morgan fingerprint density at radius 2 is 2.23 bits per heavy atom. The van der Waals surface area contributed by atoms with Gasteiger partial charge in [-0.05, 0) is 45.1 Å². The number of thiocarbonyl (C=S) groups is 1. The number of nitrogens with zero attached hydrogens (tertiary/aromatic N) is 2. The Bertz CT molecular complexity index is 653. The van der Waals surface area contributed by atoms with Gasteiger partial charge in [-0.2, -0.15) is 5.10 Å². The molecule has 118 valence electrons. The minimum Gasteiger partial charge on any atom is -0.497 e. The number of aryl methyl sites for hydroxylation is 2. The molecule has 2 N–H and O–H groups in total. The summed E-state index contributed by atoms with van der Waals surface area (Å²) in [6.45, 7) is 7.02. The number of rotatable bonds is 5. The van der Waals surface area contributed by atoms with Crippen molar-refractivity contribution in [1.82, 2.24) is 15.1 Å². The largest absolute Gasteiger partial charge is 0.497 e. The van der Waals surface area contributed by atoms with Gasteiger partial charge in [-0.15, -0.1) is 0 Å². The third-order valence-electron chi connectivity index (χ3n) is 3.45. The lowest BCUT2D eigenvalue weighted by atomic mass is 10.1. The minimum absolute atomic E-state index is 0.0888. The van der Waals surface area contributed by atoms with Gasteiger partial charge in [0.1, 0.15) is 5.75 Å². The van der Waals surface area contributed by atoms with Crippen molar-refractivity contribution in [2.24, 2.45) is 0 Å². The molecule has 0 saturated carbocycles. The van der Waals surface area contributed by atoms with Crippen LogP contribution >= 0.6 is 12.2 Å². The zero-order valence-electron chi connectivity index (χ0n) is 13.4. The van der Waals surface area contributed by atoms with Crippen LogP contribution in [0.5, 0.6) is 5.75 Å². The maximum atomic E-state index is 5.38. The van der Waals surface area contributed by atoms with Gasteiger partial charge in [-0.25, -0.2) is 0 Å². The molecule has 0 aliphatic rings. The molecule has 0 aliphatic heterocycles. The van der Waals surface area contributed by atoms with E-state index in [1.54, 1.807) is 7.11 Å². The summed E-state index contributed by atoms with van der Waals surface area (Å²) >= 11 is 5.38. The molecule has 0 bridgehead atoms. The molecule has 1 unspecified atom stereocenters. The summed E-state index contributed by atoms with van der Waals surface area (Å²) in [7, 11) is 1.64. The highest BCUT2D eigenvalue weighted by molar-refractivity contribution is 7.80. The maximum absolute atomic E-state index is 5.38. The smallest absolute Gasteiger partial charge is 0.171 e. The molecular weight excluding hydrogens is 296 g/mol. The molecule has 1 heterocycles. The van der Waals surface area contributed by atoms with Crippen molar-refractivity contribution < 1.29 is 4.74 Å². The van der Waals surface area contributed by atoms with Crippen LogP contribution in [-0.2, 0) is 6.54 Å². The predicted molar refractivity (Wildman–Crippen MR) is 93.4 cm³/mol. The van der Waals surface area contributed by atoms with Crippen LogP contribution in [0.15, 0.2) is 30.5 Å². The Morgan fingerprint density at radius 3 is 2.86 bits per heavy atom. The van der Waals surface area contributed by atoms with E-state index in [2.05, 4.69) is 35.8 Å². The summed E-state index contributed by atoms with van der Waals surface area (Å²) in [4.78, 5) is 0. The van der Waals surface area contributed by atoms with Crippen LogP contribution in [0.2, 0.25) is 0 Å². The molecule has 0 saturated heterocycles. The zero-order valence-corrected chi connectivity index (χ0v) is 14.2. The van der Waals surface area contributed by atoms with Crippen molar-refractivity contribution in [2.45, 2.75) is 33.4 Å². The number of benzene rings is 1. The topological polar surface area (TPSA) is 51.1 Å². The van der Waals surface area contributed by atoms with Crippen LogP contribution in [0.4, 0.5) is 5.69 Å². The lowest BCUT2D eigenvalue weighted by Crippen LogP contribution is -2.31. The van der Waals surface area contributed by atoms with Crippen molar-refractivity contribution in [1.29, 1.82) is 0 Å². The summed E-state index contributed by atoms with van der Waals surface area (Å²) in [5.74, 6) is 0.793. The predicted octanol–water partition coefficient (Wildman–Crippen LogP) is 3.27. The first kappa shape index (κ1) is 16.3. The average molecular weight is 318 g/mol. The van der Waals surface area contributed by atoms with Crippen LogP contribution in [-0.4, -0.2) is 22.0 Å². The van der Waals surface area contributed by atoms with Crippen molar-refractivity contribution in [3.63, 3.8) is 0 Å². The van der Waals surface area contributed by atoms with Gasteiger partial charge in [-0.3, -0.25) is 4.68 Å². The van der Waals surface area contributed by atoms with E-state index in [1.165, 1.54) is 0 Å². The van der Waals surface area contributed by atoms with Crippen LogP contribution < -0.4 is 15.4 Å². The van der Waals surface area contributed by atoms with Gasteiger partial charge in [0.15, 0.2) is 5.11 Å². The number of ether oxygens (including phenoxy) is 1.